The summed E-state index contributed by atoms with van der Waals surface area (Å²) in [7, 11) is 0. The van der Waals surface area contributed by atoms with Crippen molar-refractivity contribution in [3.05, 3.63) is 0 Å². The van der Waals surface area contributed by atoms with Crippen LogP contribution in [0.25, 0.3) is 0 Å². The van der Waals surface area contributed by atoms with E-state index in [0.29, 0.717) is 0 Å². The van der Waals surface area contributed by atoms with Gasteiger partial charge in [-0.2, -0.15) is 0 Å². The van der Waals surface area contributed by atoms with Gasteiger partial charge in [-0.3, -0.25) is 4.79 Å². The van der Waals surface area contributed by atoms with Gasteiger partial charge in [0.1, 0.15) is 30.5 Å². The molecule has 20 heavy (non-hydrogen) atoms. The first kappa shape index (κ1) is 21.2. The topological polar surface area (TPSA) is 202 Å². The number of nitrogens with two attached hydrogens (primary N) is 1. The van der Waals surface area contributed by atoms with Crippen LogP contribution in [0.3, 0.4) is 0 Å². The number of carboxylic acids is 1. The molecule has 0 radical (unpaired) electrons. The zero-order valence-electron chi connectivity index (χ0n) is 10.8. The summed E-state index contributed by atoms with van der Waals surface area (Å²) in [5.41, 5.74) is 4.91. The lowest BCUT2D eigenvalue weighted by Crippen LogP contribution is -2.46. The second-order valence-electron chi connectivity index (χ2n) is 3.96. The molecular formula is C10H21NO9. The van der Waals surface area contributed by atoms with Crippen molar-refractivity contribution in [2.24, 2.45) is 5.73 Å². The Hall–Kier alpha value is -1.14. The first-order valence-electron chi connectivity index (χ1n) is 5.54. The second kappa shape index (κ2) is 10.6. The fraction of sp³-hybridized carbons (Fsp3) is 0.800. The smallest absolute Gasteiger partial charge is 0.323 e. The van der Waals surface area contributed by atoms with Crippen LogP contribution in [0.1, 0.15) is 6.92 Å². The molecule has 9 N–H and O–H groups in total. The van der Waals surface area contributed by atoms with Gasteiger partial charge in [0.15, 0.2) is 6.29 Å². The Balaban J connectivity index is 0. The van der Waals surface area contributed by atoms with Crippen LogP contribution in [0.5, 0.6) is 0 Å². The third kappa shape index (κ3) is 8.12. The fourth-order valence-corrected chi connectivity index (χ4v) is 0.824. The minimum Gasteiger partial charge on any atom is -0.480 e. The number of rotatable bonds is 7. The van der Waals surface area contributed by atoms with Crippen molar-refractivity contribution in [1.29, 1.82) is 0 Å². The molecule has 0 spiro atoms. The molecule has 0 amide bonds. The van der Waals surface area contributed by atoms with Gasteiger partial charge >= 0.3 is 5.97 Å². The van der Waals surface area contributed by atoms with E-state index in [1.165, 1.54) is 6.92 Å². The zero-order chi connectivity index (χ0) is 16.5. The van der Waals surface area contributed by atoms with Crippen LogP contribution in [0.2, 0.25) is 0 Å². The molecule has 0 aliphatic heterocycles. The number of hydrogen-bond acceptors (Lipinski definition) is 9. The predicted octanol–water partition coefficient (Wildman–Crippen LogP) is -4.60. The average Bonchev–Trinajstić information content (AvgIpc) is 2.43. The van der Waals surface area contributed by atoms with Gasteiger partial charge in [-0.15, -0.1) is 0 Å². The molecule has 10 heteroatoms. The lowest BCUT2D eigenvalue weighted by Gasteiger charge is -2.22. The van der Waals surface area contributed by atoms with E-state index in [0.717, 1.165) is 0 Å². The van der Waals surface area contributed by atoms with Crippen molar-refractivity contribution in [1.82, 2.24) is 0 Å². The van der Waals surface area contributed by atoms with Crippen LogP contribution >= 0.6 is 0 Å². The van der Waals surface area contributed by atoms with Gasteiger partial charge in [-0.05, 0) is 6.92 Å². The Labute approximate surface area is 114 Å². The van der Waals surface area contributed by atoms with Gasteiger partial charge in [-0.25, -0.2) is 0 Å². The largest absolute Gasteiger partial charge is 0.480 e. The van der Waals surface area contributed by atoms with Crippen LogP contribution < -0.4 is 5.73 Å². The van der Waals surface area contributed by atoms with Gasteiger partial charge in [0.25, 0.3) is 0 Å². The number of aliphatic carboxylic acids is 1. The van der Waals surface area contributed by atoms with E-state index in [1.807, 2.05) is 0 Å². The molecule has 0 fully saturated rings. The molecule has 0 saturated heterocycles. The number of aldehydes is 1. The molecule has 6 atom stereocenters. The molecule has 0 aromatic rings. The molecule has 0 bridgehead atoms. The van der Waals surface area contributed by atoms with Crippen molar-refractivity contribution >= 4 is 12.3 Å². The molecule has 0 aromatic carbocycles. The van der Waals surface area contributed by atoms with Crippen LogP contribution in [0, 0.1) is 0 Å². The monoisotopic (exact) mass is 299 g/mol. The number of aliphatic hydroxyl groups excluding tert-OH is 6. The minimum atomic E-state index is -1.79. The number of aliphatic hydroxyl groups is 6. The van der Waals surface area contributed by atoms with Crippen molar-refractivity contribution in [3.8, 4) is 0 Å². The maximum atomic E-state index is 9.90. The molecule has 10 nitrogen and oxygen atoms in total. The summed E-state index contributed by atoms with van der Waals surface area (Å²) in [6.07, 6.45) is -7.82. The molecule has 0 saturated carbocycles. The van der Waals surface area contributed by atoms with E-state index in [-0.39, 0.29) is 6.29 Å². The van der Waals surface area contributed by atoms with Crippen LogP contribution in [0.4, 0.5) is 0 Å². The van der Waals surface area contributed by atoms with Gasteiger partial charge in [-0.1, -0.05) is 0 Å². The van der Waals surface area contributed by atoms with E-state index < -0.39 is 49.1 Å². The van der Waals surface area contributed by atoms with E-state index in [2.05, 4.69) is 0 Å². The molecule has 0 rings (SSSR count). The molecule has 2 unspecified atom stereocenters. The quantitative estimate of drug-likeness (QED) is 0.211. The first-order valence-corrected chi connectivity index (χ1v) is 5.54. The van der Waals surface area contributed by atoms with Crippen LogP contribution in [-0.2, 0) is 9.59 Å². The van der Waals surface area contributed by atoms with Gasteiger partial charge in [0, 0.05) is 0 Å². The summed E-state index contributed by atoms with van der Waals surface area (Å²) >= 11 is 0. The van der Waals surface area contributed by atoms with Crippen molar-refractivity contribution in [3.63, 3.8) is 0 Å². The molecule has 120 valence electrons. The fourth-order valence-electron chi connectivity index (χ4n) is 0.824. The molecule has 0 aliphatic rings. The van der Waals surface area contributed by atoms with E-state index in [4.69, 9.17) is 41.5 Å². The molecule has 0 heterocycles. The maximum Gasteiger partial charge on any atom is 0.323 e. The molecule has 0 aromatic heterocycles. The summed E-state index contributed by atoms with van der Waals surface area (Å²) in [4.78, 5) is 19.8. The maximum absolute atomic E-state index is 9.90. The van der Waals surface area contributed by atoms with Gasteiger partial charge in [0.05, 0.1) is 12.7 Å². The number of carbonyl (C=O) groups excluding carboxylic acids is 1. The van der Waals surface area contributed by atoms with Gasteiger partial charge < -0.3 is 46.3 Å². The Bertz CT molecular complexity index is 286. The van der Waals surface area contributed by atoms with Crippen molar-refractivity contribution in [2.45, 2.75) is 43.5 Å². The second-order valence-corrected chi connectivity index (χ2v) is 3.96. The molecule has 0 aliphatic carbocycles. The van der Waals surface area contributed by atoms with Crippen molar-refractivity contribution < 1.29 is 45.3 Å². The zero-order valence-corrected chi connectivity index (χ0v) is 10.8. The van der Waals surface area contributed by atoms with E-state index in [9.17, 15) is 9.59 Å². The third-order valence-electron chi connectivity index (χ3n) is 2.23. The van der Waals surface area contributed by atoms with E-state index in [1.54, 1.807) is 0 Å². The van der Waals surface area contributed by atoms with Crippen LogP contribution in [-0.4, -0.2) is 91.2 Å². The summed E-state index contributed by atoms with van der Waals surface area (Å²) in [6.45, 7) is 0.572. The standard InChI is InChI=1S/C6H12O6.C4H9NO3/c7-1-3(9)5(11)6(12)4(10)2-8;1-2(6)3(5)4(7)8/h1,3-6,8-12H,2H2;2-3,6H,5H2,1H3,(H,7,8)/t3-,4+,5+,6+;/m0./s1. The normalized spacial score (nSPS) is 19.6. The predicted molar refractivity (Wildman–Crippen MR) is 64.5 cm³/mol. The summed E-state index contributed by atoms with van der Waals surface area (Å²) in [6, 6.07) is -1.16. The Morgan fingerprint density at radius 2 is 1.60 bits per heavy atom. The summed E-state index contributed by atoms with van der Waals surface area (Å²) in [5, 5.41) is 60.1. The lowest BCUT2D eigenvalue weighted by atomic mass is 10.0. The highest BCUT2D eigenvalue weighted by Crippen LogP contribution is 2.02. The van der Waals surface area contributed by atoms with E-state index >= 15 is 0 Å². The Morgan fingerprint density at radius 3 is 1.80 bits per heavy atom. The summed E-state index contributed by atoms with van der Waals surface area (Å²) in [5.74, 6) is -1.18. The Morgan fingerprint density at radius 1 is 1.15 bits per heavy atom. The number of hydrogen-bond donors (Lipinski definition) is 8. The first-order chi connectivity index (χ1) is 9.09. The highest BCUT2D eigenvalue weighted by Gasteiger charge is 2.29. The van der Waals surface area contributed by atoms with Gasteiger partial charge in [0.2, 0.25) is 0 Å². The number of carbonyl (C=O) groups is 2. The average molecular weight is 299 g/mol. The van der Waals surface area contributed by atoms with Crippen LogP contribution in [0.15, 0.2) is 0 Å². The lowest BCUT2D eigenvalue weighted by molar-refractivity contribution is -0.140. The Kier molecular flexibility index (Phi) is 11.2. The SMILES string of the molecule is CC(O)C(N)C(=O)O.O=C[C@H](O)[C@@H](O)[C@H](O)[C@H](O)CO. The van der Waals surface area contributed by atoms with Crippen molar-refractivity contribution in [2.75, 3.05) is 6.61 Å². The molecular weight excluding hydrogens is 278 g/mol. The highest BCUT2D eigenvalue weighted by atomic mass is 16.4. The highest BCUT2D eigenvalue weighted by molar-refractivity contribution is 5.73. The minimum absolute atomic E-state index is 0.0258. The number of carboxylic acid groups (broad SMARTS) is 1. The third-order valence-corrected chi connectivity index (χ3v) is 2.23. The summed E-state index contributed by atoms with van der Waals surface area (Å²) < 4.78 is 0.